The monoisotopic (exact) mass is 361 g/mol. The number of aryl methyl sites for hydroxylation is 1. The number of amides is 2. The Bertz CT molecular complexity index is 919. The SMILES string of the molecule is CCOC(=O)CC(=O)NNC(=O)c1c(O)c2ccccc2n(CC)c1=O. The van der Waals surface area contributed by atoms with E-state index in [1.54, 1.807) is 38.1 Å². The highest BCUT2D eigenvalue weighted by Gasteiger charge is 2.22. The number of hydrogen-bond donors (Lipinski definition) is 3. The van der Waals surface area contributed by atoms with E-state index in [1.807, 2.05) is 10.9 Å². The molecule has 0 saturated carbocycles. The number of aromatic nitrogens is 1. The Morgan fingerprint density at radius 1 is 1.15 bits per heavy atom. The van der Waals surface area contributed by atoms with E-state index in [0.29, 0.717) is 10.9 Å². The van der Waals surface area contributed by atoms with E-state index in [2.05, 4.69) is 4.74 Å². The van der Waals surface area contributed by atoms with E-state index in [0.717, 1.165) is 0 Å². The van der Waals surface area contributed by atoms with E-state index < -0.39 is 41.1 Å². The Balaban J connectivity index is 2.27. The number of fused-ring (bicyclic) bond motifs is 1. The smallest absolute Gasteiger partial charge is 0.315 e. The predicted molar refractivity (Wildman–Crippen MR) is 92.4 cm³/mol. The average molecular weight is 361 g/mol. The number of ether oxygens (including phenoxy) is 1. The van der Waals surface area contributed by atoms with Crippen molar-refractivity contribution in [1.29, 1.82) is 0 Å². The molecule has 2 rings (SSSR count). The second-order valence-corrected chi connectivity index (χ2v) is 5.27. The van der Waals surface area contributed by atoms with Gasteiger partial charge in [0.05, 0.1) is 12.1 Å². The second kappa shape index (κ2) is 8.15. The van der Waals surface area contributed by atoms with Crippen molar-refractivity contribution in [2.75, 3.05) is 6.61 Å². The van der Waals surface area contributed by atoms with Crippen LogP contribution in [0.1, 0.15) is 30.6 Å². The number of pyridine rings is 1. The van der Waals surface area contributed by atoms with Gasteiger partial charge in [0.25, 0.3) is 11.5 Å². The number of carbonyl (C=O) groups is 3. The first kappa shape index (κ1) is 19.0. The van der Waals surface area contributed by atoms with Crippen LogP contribution in [0.3, 0.4) is 0 Å². The van der Waals surface area contributed by atoms with E-state index in [1.165, 1.54) is 4.57 Å². The molecule has 138 valence electrons. The molecule has 26 heavy (non-hydrogen) atoms. The topological polar surface area (TPSA) is 127 Å². The van der Waals surface area contributed by atoms with Crippen LogP contribution in [0.2, 0.25) is 0 Å². The van der Waals surface area contributed by atoms with Crippen molar-refractivity contribution in [3.05, 3.63) is 40.2 Å². The van der Waals surface area contributed by atoms with Gasteiger partial charge in [-0.3, -0.25) is 30.0 Å². The number of hydrogen-bond acceptors (Lipinski definition) is 6. The quantitative estimate of drug-likeness (QED) is 0.403. The van der Waals surface area contributed by atoms with E-state index in [9.17, 15) is 24.3 Å². The molecule has 0 unspecified atom stereocenters. The number of hydrazine groups is 1. The highest BCUT2D eigenvalue weighted by molar-refractivity contribution is 6.03. The molecule has 0 aliphatic carbocycles. The van der Waals surface area contributed by atoms with Crippen LogP contribution in [0.5, 0.6) is 5.75 Å². The fourth-order valence-electron chi connectivity index (χ4n) is 2.48. The minimum atomic E-state index is -0.988. The van der Waals surface area contributed by atoms with Crippen LogP contribution >= 0.6 is 0 Å². The first-order valence-corrected chi connectivity index (χ1v) is 8.00. The van der Waals surface area contributed by atoms with Crippen molar-refractivity contribution >= 4 is 28.7 Å². The summed E-state index contributed by atoms with van der Waals surface area (Å²) in [5.41, 5.74) is 3.33. The molecule has 0 aliphatic rings. The number of carbonyl (C=O) groups excluding carboxylic acids is 3. The summed E-state index contributed by atoms with van der Waals surface area (Å²) in [4.78, 5) is 47.7. The van der Waals surface area contributed by atoms with Gasteiger partial charge in [0.1, 0.15) is 17.7 Å². The second-order valence-electron chi connectivity index (χ2n) is 5.27. The molecule has 2 amide bonds. The third-order valence-electron chi connectivity index (χ3n) is 3.61. The number of para-hydroxylation sites is 1. The summed E-state index contributed by atoms with van der Waals surface area (Å²) >= 11 is 0. The van der Waals surface area contributed by atoms with Crippen LogP contribution in [0.15, 0.2) is 29.1 Å². The standard InChI is InChI=1S/C17H19N3O6/c1-3-20-11-8-6-5-7-10(11)15(23)14(17(20)25)16(24)19-18-12(21)9-13(22)26-4-2/h5-8,23H,3-4,9H2,1-2H3,(H,18,21)(H,19,24). The minimum absolute atomic E-state index is 0.125. The molecule has 1 aromatic carbocycles. The van der Waals surface area contributed by atoms with Gasteiger partial charge in [0.15, 0.2) is 0 Å². The van der Waals surface area contributed by atoms with E-state index >= 15 is 0 Å². The summed E-state index contributed by atoms with van der Waals surface area (Å²) in [6, 6.07) is 6.60. The van der Waals surface area contributed by atoms with Gasteiger partial charge >= 0.3 is 5.97 Å². The van der Waals surface area contributed by atoms with Crippen LogP contribution in [0, 0.1) is 0 Å². The Kier molecular flexibility index (Phi) is 5.94. The maximum Gasteiger partial charge on any atom is 0.315 e. The van der Waals surface area contributed by atoms with Crippen LogP contribution < -0.4 is 16.4 Å². The molecule has 2 aromatic rings. The Labute approximate surface area is 148 Å². The molecule has 1 heterocycles. The molecule has 0 bridgehead atoms. The van der Waals surface area contributed by atoms with Gasteiger partial charge in [-0.1, -0.05) is 12.1 Å². The largest absolute Gasteiger partial charge is 0.506 e. The highest BCUT2D eigenvalue weighted by Crippen LogP contribution is 2.25. The van der Waals surface area contributed by atoms with Gasteiger partial charge in [-0.05, 0) is 26.0 Å². The molecule has 0 fully saturated rings. The number of rotatable bonds is 5. The number of aromatic hydroxyl groups is 1. The number of benzene rings is 1. The molecule has 0 atom stereocenters. The number of esters is 1. The molecule has 9 nitrogen and oxygen atoms in total. The Hall–Kier alpha value is -3.36. The van der Waals surface area contributed by atoms with Gasteiger partial charge in [-0.15, -0.1) is 0 Å². The van der Waals surface area contributed by atoms with Gasteiger partial charge in [-0.25, -0.2) is 0 Å². The van der Waals surface area contributed by atoms with Crippen molar-refractivity contribution in [1.82, 2.24) is 15.4 Å². The zero-order valence-electron chi connectivity index (χ0n) is 14.4. The summed E-state index contributed by atoms with van der Waals surface area (Å²) in [6.07, 6.45) is -0.586. The van der Waals surface area contributed by atoms with Crippen LogP contribution in [-0.4, -0.2) is 34.1 Å². The van der Waals surface area contributed by atoms with Gasteiger partial charge in [0.2, 0.25) is 5.91 Å². The molecular weight excluding hydrogens is 342 g/mol. The number of nitrogens with zero attached hydrogens (tertiary/aromatic N) is 1. The van der Waals surface area contributed by atoms with Crippen molar-refractivity contribution in [2.45, 2.75) is 26.8 Å². The third kappa shape index (κ3) is 3.82. The Morgan fingerprint density at radius 2 is 1.85 bits per heavy atom. The number of nitrogens with one attached hydrogen (secondary N) is 2. The molecule has 0 radical (unpaired) electrons. The lowest BCUT2D eigenvalue weighted by Crippen LogP contribution is -2.44. The molecular formula is C17H19N3O6. The lowest BCUT2D eigenvalue weighted by molar-refractivity contribution is -0.146. The zero-order chi connectivity index (χ0) is 19.3. The summed E-state index contributed by atoms with van der Waals surface area (Å²) in [5.74, 6) is -3.03. The van der Waals surface area contributed by atoms with Crippen molar-refractivity contribution in [3.63, 3.8) is 0 Å². The normalized spacial score (nSPS) is 10.4. The lowest BCUT2D eigenvalue weighted by Gasteiger charge is -2.13. The van der Waals surface area contributed by atoms with E-state index in [4.69, 9.17) is 0 Å². The zero-order valence-corrected chi connectivity index (χ0v) is 14.4. The molecule has 0 spiro atoms. The minimum Gasteiger partial charge on any atom is -0.506 e. The summed E-state index contributed by atoms with van der Waals surface area (Å²) in [6.45, 7) is 3.74. The predicted octanol–water partition coefficient (Wildman–Crippen LogP) is 0.441. The van der Waals surface area contributed by atoms with E-state index in [-0.39, 0.29) is 13.2 Å². The average Bonchev–Trinajstić information content (AvgIpc) is 2.60. The molecule has 9 heteroatoms. The molecule has 0 saturated heterocycles. The maximum absolute atomic E-state index is 12.5. The van der Waals surface area contributed by atoms with Gasteiger partial charge in [0, 0.05) is 11.9 Å². The van der Waals surface area contributed by atoms with Gasteiger partial charge in [-0.2, -0.15) is 0 Å². The molecule has 1 aromatic heterocycles. The molecule has 3 N–H and O–H groups in total. The first-order valence-electron chi connectivity index (χ1n) is 8.00. The fraction of sp³-hybridized carbons (Fsp3) is 0.294. The van der Waals surface area contributed by atoms with Crippen molar-refractivity contribution < 1.29 is 24.2 Å². The summed E-state index contributed by atoms with van der Waals surface area (Å²) in [5, 5.41) is 10.7. The Morgan fingerprint density at radius 3 is 2.50 bits per heavy atom. The van der Waals surface area contributed by atoms with Crippen LogP contribution in [0.4, 0.5) is 0 Å². The maximum atomic E-state index is 12.5. The summed E-state index contributed by atoms with van der Waals surface area (Å²) in [7, 11) is 0. The van der Waals surface area contributed by atoms with Gasteiger partial charge < -0.3 is 14.4 Å². The van der Waals surface area contributed by atoms with Crippen LogP contribution in [0.25, 0.3) is 10.9 Å². The van der Waals surface area contributed by atoms with Crippen LogP contribution in [-0.2, 0) is 20.9 Å². The first-order chi connectivity index (χ1) is 12.4. The molecule has 0 aliphatic heterocycles. The lowest BCUT2D eigenvalue weighted by atomic mass is 10.1. The summed E-state index contributed by atoms with van der Waals surface area (Å²) < 4.78 is 5.95. The van der Waals surface area contributed by atoms with Crippen molar-refractivity contribution in [3.8, 4) is 5.75 Å². The van der Waals surface area contributed by atoms with Crippen molar-refractivity contribution in [2.24, 2.45) is 0 Å². The third-order valence-corrected chi connectivity index (χ3v) is 3.61. The highest BCUT2D eigenvalue weighted by atomic mass is 16.5. The fourth-order valence-corrected chi connectivity index (χ4v) is 2.48.